The Balaban J connectivity index is 1.91. The summed E-state index contributed by atoms with van der Waals surface area (Å²) >= 11 is 1.40. The average Bonchev–Trinajstić information content (AvgIpc) is 3.11. The lowest BCUT2D eigenvalue weighted by atomic mass is 10.1. The molecule has 1 aromatic carbocycles. The van der Waals surface area contributed by atoms with Crippen molar-refractivity contribution in [2.75, 3.05) is 5.75 Å². The largest absolute Gasteiger partial charge is 0.353 e. The van der Waals surface area contributed by atoms with Crippen LogP contribution in [-0.4, -0.2) is 37.5 Å². The minimum atomic E-state index is 0.00839. The van der Waals surface area contributed by atoms with Crippen LogP contribution in [0.1, 0.15) is 37.8 Å². The van der Waals surface area contributed by atoms with Crippen LogP contribution in [0.3, 0.4) is 0 Å². The van der Waals surface area contributed by atoms with Gasteiger partial charge in [0.2, 0.25) is 5.91 Å². The summed E-state index contributed by atoms with van der Waals surface area (Å²) < 4.78 is 2.01. The summed E-state index contributed by atoms with van der Waals surface area (Å²) in [5.41, 5.74) is 4.20. The first-order chi connectivity index (χ1) is 14.0. The van der Waals surface area contributed by atoms with E-state index in [0.717, 1.165) is 29.7 Å². The Morgan fingerprint density at radius 3 is 2.76 bits per heavy atom. The number of hydrogen-bond acceptors (Lipinski definition) is 5. The highest BCUT2D eigenvalue weighted by molar-refractivity contribution is 7.99. The van der Waals surface area contributed by atoms with Crippen LogP contribution in [0.2, 0.25) is 0 Å². The SMILES string of the molecule is CCC[C@@H](C)NC(=O)CSc1nnc(-c2cccnc2)n1-c1ccc(C)cc1C. The zero-order chi connectivity index (χ0) is 20.8. The number of benzene rings is 1. The number of pyridine rings is 1. The third kappa shape index (κ3) is 5.23. The van der Waals surface area contributed by atoms with Crippen LogP contribution in [0.25, 0.3) is 17.1 Å². The molecular formula is C22H27N5OS. The monoisotopic (exact) mass is 409 g/mol. The van der Waals surface area contributed by atoms with Crippen molar-refractivity contribution in [2.45, 2.75) is 51.7 Å². The van der Waals surface area contributed by atoms with Gasteiger partial charge in [0.05, 0.1) is 11.4 Å². The van der Waals surface area contributed by atoms with E-state index in [0.29, 0.717) is 16.7 Å². The molecule has 0 saturated carbocycles. The molecule has 0 bridgehead atoms. The molecule has 0 aliphatic rings. The fourth-order valence-electron chi connectivity index (χ4n) is 3.27. The van der Waals surface area contributed by atoms with Gasteiger partial charge in [-0.3, -0.25) is 14.3 Å². The second-order valence-corrected chi connectivity index (χ2v) is 8.16. The van der Waals surface area contributed by atoms with E-state index in [4.69, 9.17) is 0 Å². The second kappa shape index (κ2) is 9.69. The summed E-state index contributed by atoms with van der Waals surface area (Å²) in [4.78, 5) is 16.6. The van der Waals surface area contributed by atoms with Crippen molar-refractivity contribution in [2.24, 2.45) is 0 Å². The van der Waals surface area contributed by atoms with E-state index < -0.39 is 0 Å². The first-order valence-corrected chi connectivity index (χ1v) is 10.8. The molecule has 0 unspecified atom stereocenters. The Labute approximate surface area is 176 Å². The summed E-state index contributed by atoms with van der Waals surface area (Å²) in [5.74, 6) is 1.02. The standard InChI is InChI=1S/C22H27N5OS/c1-5-7-17(4)24-20(28)14-29-22-26-25-21(18-8-6-11-23-13-18)27(22)19-10-9-15(2)12-16(19)3/h6,8-13,17H,5,7,14H2,1-4H3,(H,24,28)/t17-/m1/s1. The molecule has 1 amide bonds. The predicted octanol–water partition coefficient (Wildman–Crippen LogP) is 4.34. The van der Waals surface area contributed by atoms with Crippen molar-refractivity contribution in [1.82, 2.24) is 25.1 Å². The number of nitrogens with zero attached hydrogens (tertiary/aromatic N) is 4. The highest BCUT2D eigenvalue weighted by Crippen LogP contribution is 2.29. The molecule has 0 saturated heterocycles. The van der Waals surface area contributed by atoms with E-state index in [2.05, 4.69) is 59.5 Å². The number of carbonyl (C=O) groups is 1. The molecule has 29 heavy (non-hydrogen) atoms. The van der Waals surface area contributed by atoms with Crippen molar-refractivity contribution in [3.05, 3.63) is 53.9 Å². The van der Waals surface area contributed by atoms with E-state index in [1.807, 2.05) is 23.6 Å². The molecular weight excluding hydrogens is 382 g/mol. The van der Waals surface area contributed by atoms with Crippen molar-refractivity contribution in [3.8, 4) is 17.1 Å². The zero-order valence-electron chi connectivity index (χ0n) is 17.3. The summed E-state index contributed by atoms with van der Waals surface area (Å²) in [5, 5.41) is 12.5. The van der Waals surface area contributed by atoms with Crippen molar-refractivity contribution >= 4 is 17.7 Å². The second-order valence-electron chi connectivity index (χ2n) is 7.22. The van der Waals surface area contributed by atoms with Crippen LogP contribution in [0.15, 0.2) is 47.9 Å². The summed E-state index contributed by atoms with van der Waals surface area (Å²) in [6.07, 6.45) is 5.53. The Morgan fingerprint density at radius 2 is 2.07 bits per heavy atom. The van der Waals surface area contributed by atoms with Gasteiger partial charge in [0.1, 0.15) is 0 Å². The zero-order valence-corrected chi connectivity index (χ0v) is 18.2. The molecule has 7 heteroatoms. The Morgan fingerprint density at radius 1 is 1.24 bits per heavy atom. The molecule has 1 atom stereocenters. The van der Waals surface area contributed by atoms with Gasteiger partial charge in [-0.05, 0) is 51.0 Å². The van der Waals surface area contributed by atoms with Gasteiger partial charge < -0.3 is 5.32 Å². The number of aryl methyl sites for hydroxylation is 2. The van der Waals surface area contributed by atoms with Crippen LogP contribution in [0, 0.1) is 13.8 Å². The lowest BCUT2D eigenvalue weighted by Gasteiger charge is -2.14. The first-order valence-electron chi connectivity index (χ1n) is 9.85. The smallest absolute Gasteiger partial charge is 0.230 e. The lowest BCUT2D eigenvalue weighted by molar-refractivity contribution is -0.119. The molecule has 3 aromatic rings. The van der Waals surface area contributed by atoms with Crippen molar-refractivity contribution in [3.63, 3.8) is 0 Å². The molecule has 0 aliphatic heterocycles. The predicted molar refractivity (Wildman–Crippen MR) is 117 cm³/mol. The molecule has 0 fully saturated rings. The first kappa shape index (κ1) is 21.0. The fourth-order valence-corrected chi connectivity index (χ4v) is 4.03. The third-order valence-electron chi connectivity index (χ3n) is 4.61. The van der Waals surface area contributed by atoms with Gasteiger partial charge >= 0.3 is 0 Å². The van der Waals surface area contributed by atoms with Crippen LogP contribution in [-0.2, 0) is 4.79 Å². The minimum absolute atomic E-state index is 0.00839. The topological polar surface area (TPSA) is 72.7 Å². The maximum atomic E-state index is 12.3. The Bertz CT molecular complexity index is 971. The maximum absolute atomic E-state index is 12.3. The number of aromatic nitrogens is 4. The number of hydrogen-bond donors (Lipinski definition) is 1. The normalized spacial score (nSPS) is 12.0. The van der Waals surface area contributed by atoms with Gasteiger partial charge in [-0.15, -0.1) is 10.2 Å². The van der Waals surface area contributed by atoms with Crippen molar-refractivity contribution in [1.29, 1.82) is 0 Å². The quantitative estimate of drug-likeness (QED) is 0.560. The Kier molecular flexibility index (Phi) is 7.04. The molecule has 6 nitrogen and oxygen atoms in total. The molecule has 1 N–H and O–H groups in total. The summed E-state index contributed by atoms with van der Waals surface area (Å²) in [7, 11) is 0. The van der Waals surface area contributed by atoms with Crippen LogP contribution < -0.4 is 5.32 Å². The average molecular weight is 410 g/mol. The fraction of sp³-hybridized carbons (Fsp3) is 0.364. The molecule has 152 valence electrons. The summed E-state index contributed by atoms with van der Waals surface area (Å²) in [6.45, 7) is 8.29. The minimum Gasteiger partial charge on any atom is -0.353 e. The van der Waals surface area contributed by atoms with E-state index in [1.54, 1.807) is 12.4 Å². The number of nitrogens with one attached hydrogen (secondary N) is 1. The van der Waals surface area contributed by atoms with E-state index >= 15 is 0 Å². The van der Waals surface area contributed by atoms with Crippen LogP contribution >= 0.6 is 11.8 Å². The van der Waals surface area contributed by atoms with Gasteiger partial charge in [-0.25, -0.2) is 0 Å². The molecule has 2 aromatic heterocycles. The number of carbonyl (C=O) groups excluding carboxylic acids is 1. The number of thioether (sulfide) groups is 1. The van der Waals surface area contributed by atoms with E-state index in [1.165, 1.54) is 17.3 Å². The van der Waals surface area contributed by atoms with Crippen LogP contribution in [0.4, 0.5) is 0 Å². The number of rotatable bonds is 8. The van der Waals surface area contributed by atoms with Gasteiger partial charge in [-0.1, -0.05) is 42.8 Å². The molecule has 2 heterocycles. The Hall–Kier alpha value is -2.67. The van der Waals surface area contributed by atoms with Gasteiger partial charge in [0, 0.05) is 24.0 Å². The molecule has 0 aliphatic carbocycles. The number of amides is 1. The highest BCUT2D eigenvalue weighted by Gasteiger charge is 2.19. The lowest BCUT2D eigenvalue weighted by Crippen LogP contribution is -2.33. The van der Waals surface area contributed by atoms with Gasteiger partial charge in [0.15, 0.2) is 11.0 Å². The molecule has 0 spiro atoms. The van der Waals surface area contributed by atoms with Crippen molar-refractivity contribution < 1.29 is 4.79 Å². The third-order valence-corrected chi connectivity index (χ3v) is 5.54. The summed E-state index contributed by atoms with van der Waals surface area (Å²) in [6, 6.07) is 10.3. The maximum Gasteiger partial charge on any atom is 0.230 e. The van der Waals surface area contributed by atoms with Gasteiger partial charge in [0.25, 0.3) is 0 Å². The molecule has 3 rings (SSSR count). The van der Waals surface area contributed by atoms with Gasteiger partial charge in [-0.2, -0.15) is 0 Å². The highest BCUT2D eigenvalue weighted by atomic mass is 32.2. The van der Waals surface area contributed by atoms with E-state index in [9.17, 15) is 4.79 Å². The molecule has 0 radical (unpaired) electrons. The van der Waals surface area contributed by atoms with Crippen LogP contribution in [0.5, 0.6) is 0 Å². The van der Waals surface area contributed by atoms with E-state index in [-0.39, 0.29) is 11.9 Å².